The van der Waals surface area contributed by atoms with E-state index in [1.54, 1.807) is 17.0 Å². The lowest BCUT2D eigenvalue weighted by Gasteiger charge is -2.36. The Bertz CT molecular complexity index is 1080. The van der Waals surface area contributed by atoms with E-state index in [0.717, 1.165) is 16.8 Å². The normalized spacial score (nSPS) is 14.0. The zero-order valence-corrected chi connectivity index (χ0v) is 16.9. The van der Waals surface area contributed by atoms with Crippen molar-refractivity contribution in [2.45, 2.75) is 13.5 Å². The molecule has 2 heterocycles. The summed E-state index contributed by atoms with van der Waals surface area (Å²) < 4.78 is 1.35. The van der Waals surface area contributed by atoms with Gasteiger partial charge >= 0.3 is 0 Å². The largest absolute Gasteiger partial charge is 0.508 e. The molecule has 1 aliphatic heterocycles. The summed E-state index contributed by atoms with van der Waals surface area (Å²) in [5, 5.41) is 9.42. The molecule has 0 aliphatic carbocycles. The highest BCUT2D eigenvalue weighted by Gasteiger charge is 2.22. The molecule has 1 saturated heterocycles. The van der Waals surface area contributed by atoms with E-state index in [1.165, 1.54) is 17.0 Å². The lowest BCUT2D eigenvalue weighted by Crippen LogP contribution is -2.50. The summed E-state index contributed by atoms with van der Waals surface area (Å²) >= 11 is 0. The molecule has 0 bridgehead atoms. The van der Waals surface area contributed by atoms with Crippen LogP contribution < -0.4 is 10.5 Å². The number of anilines is 1. The number of amides is 1. The van der Waals surface area contributed by atoms with Crippen molar-refractivity contribution < 1.29 is 9.90 Å². The van der Waals surface area contributed by atoms with Gasteiger partial charge in [-0.2, -0.15) is 0 Å². The minimum atomic E-state index is -0.239. The van der Waals surface area contributed by atoms with Crippen molar-refractivity contribution in [3.8, 4) is 17.0 Å². The van der Waals surface area contributed by atoms with Crippen LogP contribution in [0.2, 0.25) is 0 Å². The Balaban J connectivity index is 1.38. The van der Waals surface area contributed by atoms with Crippen molar-refractivity contribution in [1.29, 1.82) is 0 Å². The molecule has 2 aromatic carbocycles. The number of phenolic OH excluding ortho intramolecular Hbond substituents is 1. The number of rotatable bonds is 4. The molecule has 7 nitrogen and oxygen atoms in total. The number of benzene rings is 2. The second-order valence-electron chi connectivity index (χ2n) is 7.49. The van der Waals surface area contributed by atoms with Crippen LogP contribution in [-0.4, -0.2) is 51.6 Å². The first-order valence-corrected chi connectivity index (χ1v) is 9.95. The van der Waals surface area contributed by atoms with E-state index in [2.05, 4.69) is 9.88 Å². The fraction of sp³-hybridized carbons (Fsp3) is 0.261. The molecule has 1 aliphatic rings. The van der Waals surface area contributed by atoms with Gasteiger partial charge in [0.1, 0.15) is 12.3 Å². The van der Waals surface area contributed by atoms with Gasteiger partial charge < -0.3 is 14.9 Å². The van der Waals surface area contributed by atoms with Crippen LogP contribution in [0, 0.1) is 6.92 Å². The fourth-order valence-corrected chi connectivity index (χ4v) is 3.55. The number of hydrogen-bond acceptors (Lipinski definition) is 5. The third kappa shape index (κ3) is 4.35. The SMILES string of the molecule is Cc1ccc(-c2cc(=O)n(CC(=O)N3CCN(c4ccc(O)cc4)CC3)cn2)cc1. The van der Waals surface area contributed by atoms with E-state index in [-0.39, 0.29) is 23.8 Å². The molecule has 0 atom stereocenters. The Labute approximate surface area is 174 Å². The van der Waals surface area contributed by atoms with Crippen LogP contribution in [-0.2, 0) is 11.3 Å². The van der Waals surface area contributed by atoms with Crippen molar-refractivity contribution in [2.75, 3.05) is 31.1 Å². The molecule has 30 heavy (non-hydrogen) atoms. The summed E-state index contributed by atoms with van der Waals surface area (Å²) in [4.78, 5) is 33.5. The van der Waals surface area contributed by atoms with Gasteiger partial charge in [0.2, 0.25) is 5.91 Å². The molecule has 4 rings (SSSR count). The maximum Gasteiger partial charge on any atom is 0.254 e. The van der Waals surface area contributed by atoms with Gasteiger partial charge in [-0.05, 0) is 31.2 Å². The van der Waals surface area contributed by atoms with Crippen molar-refractivity contribution in [3.05, 3.63) is 76.8 Å². The zero-order valence-electron chi connectivity index (χ0n) is 16.9. The highest BCUT2D eigenvalue weighted by molar-refractivity contribution is 5.76. The lowest BCUT2D eigenvalue weighted by atomic mass is 10.1. The van der Waals surface area contributed by atoms with Crippen molar-refractivity contribution >= 4 is 11.6 Å². The van der Waals surface area contributed by atoms with Crippen LogP contribution in [0.1, 0.15) is 5.56 Å². The van der Waals surface area contributed by atoms with Crippen molar-refractivity contribution in [2.24, 2.45) is 0 Å². The number of phenols is 1. The number of piperazine rings is 1. The smallest absolute Gasteiger partial charge is 0.254 e. The second-order valence-corrected chi connectivity index (χ2v) is 7.49. The quantitative estimate of drug-likeness (QED) is 0.722. The Morgan fingerprint density at radius 3 is 2.30 bits per heavy atom. The standard InChI is InChI=1S/C23H24N4O3/c1-17-2-4-18(5-3-17)21-14-22(29)27(16-24-21)15-23(30)26-12-10-25(11-13-26)19-6-8-20(28)9-7-19/h2-9,14,16,28H,10-13,15H2,1H3. The van der Waals surface area contributed by atoms with Gasteiger partial charge in [-0.15, -0.1) is 0 Å². The number of carbonyl (C=O) groups is 1. The van der Waals surface area contributed by atoms with E-state index >= 15 is 0 Å². The third-order valence-electron chi connectivity index (χ3n) is 5.38. The van der Waals surface area contributed by atoms with Crippen LogP contribution in [0.4, 0.5) is 5.69 Å². The molecular formula is C23H24N4O3. The van der Waals surface area contributed by atoms with E-state index in [0.29, 0.717) is 31.9 Å². The van der Waals surface area contributed by atoms with Crippen LogP contribution in [0.25, 0.3) is 11.3 Å². The molecule has 1 N–H and O–H groups in total. The molecule has 7 heteroatoms. The average molecular weight is 404 g/mol. The molecule has 0 spiro atoms. The first kappa shape index (κ1) is 19.7. The molecule has 0 saturated carbocycles. The van der Waals surface area contributed by atoms with Gasteiger partial charge in [-0.25, -0.2) is 4.98 Å². The first-order valence-electron chi connectivity index (χ1n) is 9.95. The number of nitrogens with zero attached hydrogens (tertiary/aromatic N) is 4. The summed E-state index contributed by atoms with van der Waals surface area (Å²) in [5.74, 6) is 0.146. The summed E-state index contributed by atoms with van der Waals surface area (Å²) in [6.07, 6.45) is 1.45. The molecule has 0 unspecified atom stereocenters. The maximum absolute atomic E-state index is 12.7. The molecule has 3 aromatic rings. The monoisotopic (exact) mass is 404 g/mol. The molecule has 1 fully saturated rings. The van der Waals surface area contributed by atoms with Crippen LogP contribution in [0.5, 0.6) is 5.75 Å². The van der Waals surface area contributed by atoms with Crippen molar-refractivity contribution in [1.82, 2.24) is 14.5 Å². The maximum atomic E-state index is 12.7. The van der Waals surface area contributed by atoms with E-state index in [9.17, 15) is 14.7 Å². The summed E-state index contributed by atoms with van der Waals surface area (Å²) in [6.45, 7) is 4.57. The van der Waals surface area contributed by atoms with E-state index in [4.69, 9.17) is 0 Å². The Morgan fingerprint density at radius 2 is 1.67 bits per heavy atom. The number of aromatic nitrogens is 2. The first-order chi connectivity index (χ1) is 14.5. The number of carbonyl (C=O) groups excluding carboxylic acids is 1. The Hall–Kier alpha value is -3.61. The van der Waals surface area contributed by atoms with Crippen LogP contribution >= 0.6 is 0 Å². The Morgan fingerprint density at radius 1 is 1.00 bits per heavy atom. The average Bonchev–Trinajstić information content (AvgIpc) is 2.76. The van der Waals surface area contributed by atoms with Gasteiger partial charge in [0.15, 0.2) is 0 Å². The van der Waals surface area contributed by atoms with Gasteiger partial charge in [0.05, 0.1) is 12.0 Å². The molecule has 0 radical (unpaired) electrons. The van der Waals surface area contributed by atoms with Gasteiger partial charge in [-0.3, -0.25) is 14.2 Å². The number of aromatic hydroxyl groups is 1. The summed E-state index contributed by atoms with van der Waals surface area (Å²) in [5.41, 5.74) is 3.40. The minimum absolute atomic E-state index is 0.0147. The van der Waals surface area contributed by atoms with Gasteiger partial charge in [-0.1, -0.05) is 29.8 Å². The third-order valence-corrected chi connectivity index (χ3v) is 5.38. The molecule has 1 amide bonds. The summed E-state index contributed by atoms with van der Waals surface area (Å²) in [6, 6.07) is 16.3. The van der Waals surface area contributed by atoms with E-state index < -0.39 is 0 Å². The predicted octanol–water partition coefficient (Wildman–Crippen LogP) is 2.27. The van der Waals surface area contributed by atoms with Crippen LogP contribution in [0.15, 0.2) is 65.7 Å². The van der Waals surface area contributed by atoms with Gasteiger partial charge in [0, 0.05) is 43.5 Å². The highest BCUT2D eigenvalue weighted by atomic mass is 16.3. The van der Waals surface area contributed by atoms with Crippen molar-refractivity contribution in [3.63, 3.8) is 0 Å². The number of aryl methyl sites for hydroxylation is 1. The van der Waals surface area contributed by atoms with E-state index in [1.807, 2.05) is 43.3 Å². The topological polar surface area (TPSA) is 78.7 Å². The predicted molar refractivity (Wildman–Crippen MR) is 116 cm³/mol. The van der Waals surface area contributed by atoms with Crippen LogP contribution in [0.3, 0.4) is 0 Å². The second kappa shape index (κ2) is 8.41. The number of hydrogen-bond donors (Lipinski definition) is 1. The molecule has 154 valence electrons. The summed E-state index contributed by atoms with van der Waals surface area (Å²) in [7, 11) is 0. The highest BCUT2D eigenvalue weighted by Crippen LogP contribution is 2.20. The minimum Gasteiger partial charge on any atom is -0.508 e. The lowest BCUT2D eigenvalue weighted by molar-refractivity contribution is -0.132. The molecule has 1 aromatic heterocycles. The van der Waals surface area contributed by atoms with Gasteiger partial charge in [0.25, 0.3) is 5.56 Å². The fourth-order valence-electron chi connectivity index (χ4n) is 3.55. The zero-order chi connectivity index (χ0) is 21.1. The molecular weight excluding hydrogens is 380 g/mol. The Kier molecular flexibility index (Phi) is 5.52.